The molecule has 0 bridgehead atoms. The topological polar surface area (TPSA) is 112 Å². The number of aryl methyl sites for hydroxylation is 1. The van der Waals surface area contributed by atoms with E-state index in [0.717, 1.165) is 17.8 Å². The van der Waals surface area contributed by atoms with E-state index in [1.54, 1.807) is 21.4 Å². The molecule has 2 aromatic heterocycles. The van der Waals surface area contributed by atoms with Crippen LogP contribution in [0.2, 0.25) is 0 Å². The number of benzene rings is 1. The number of nitrogens with two attached hydrogens (primary N) is 1. The van der Waals surface area contributed by atoms with E-state index in [1.165, 1.54) is 13.3 Å². The summed E-state index contributed by atoms with van der Waals surface area (Å²) < 4.78 is 7.99. The van der Waals surface area contributed by atoms with Gasteiger partial charge in [0.1, 0.15) is 6.07 Å². The predicted octanol–water partition coefficient (Wildman–Crippen LogP) is 1.86. The first-order valence-electron chi connectivity index (χ1n) is 7.60. The summed E-state index contributed by atoms with van der Waals surface area (Å²) in [5, 5.41) is 17.3. The molecule has 0 saturated carbocycles. The molecule has 126 valence electrons. The second-order valence-electron chi connectivity index (χ2n) is 5.30. The van der Waals surface area contributed by atoms with Gasteiger partial charge in [0, 0.05) is 11.9 Å². The number of nitriles is 1. The molecule has 0 aliphatic rings. The van der Waals surface area contributed by atoms with Gasteiger partial charge in [-0.3, -0.25) is 0 Å². The molecular weight excluding hydrogens is 320 g/mol. The molecule has 2 N–H and O–H groups in total. The second-order valence-corrected chi connectivity index (χ2v) is 5.30. The molecule has 0 amide bonds. The maximum absolute atomic E-state index is 12.0. The van der Waals surface area contributed by atoms with Crippen LogP contribution in [-0.4, -0.2) is 32.6 Å². The summed E-state index contributed by atoms with van der Waals surface area (Å²) in [5.74, 6) is -0.605. The summed E-state index contributed by atoms with van der Waals surface area (Å²) in [7, 11) is 1.27. The number of nitrogens with zero attached hydrogens (tertiary/aromatic N) is 5. The molecule has 0 saturated heterocycles. The molecule has 0 radical (unpaired) electrons. The first-order chi connectivity index (χ1) is 12.1. The molecule has 1 aromatic carbocycles. The van der Waals surface area contributed by atoms with Crippen LogP contribution in [0.15, 0.2) is 36.7 Å². The van der Waals surface area contributed by atoms with Gasteiger partial charge in [0.25, 0.3) is 0 Å². The van der Waals surface area contributed by atoms with E-state index in [0.29, 0.717) is 5.69 Å². The van der Waals surface area contributed by atoms with E-state index in [4.69, 9.17) is 15.7 Å². The fourth-order valence-corrected chi connectivity index (χ4v) is 2.47. The van der Waals surface area contributed by atoms with Crippen LogP contribution in [0.4, 0.5) is 5.69 Å². The minimum atomic E-state index is -0.605. The molecule has 3 aromatic rings. The molecule has 2 heterocycles. The summed E-state index contributed by atoms with van der Waals surface area (Å²) in [6.07, 6.45) is 4.18. The molecule has 0 aliphatic heterocycles. The number of methoxy groups -OCH3 is 1. The Morgan fingerprint density at radius 3 is 2.52 bits per heavy atom. The third-order valence-corrected chi connectivity index (χ3v) is 3.84. The minimum absolute atomic E-state index is 0.0993. The van der Waals surface area contributed by atoms with Crippen LogP contribution in [-0.2, 0) is 11.2 Å². The highest BCUT2D eigenvalue weighted by Crippen LogP contribution is 2.25. The summed E-state index contributed by atoms with van der Waals surface area (Å²) in [5.41, 5.74) is 8.74. The maximum Gasteiger partial charge on any atom is 0.357 e. The molecule has 3 rings (SSSR count). The monoisotopic (exact) mass is 336 g/mol. The van der Waals surface area contributed by atoms with Crippen molar-refractivity contribution in [2.45, 2.75) is 13.3 Å². The summed E-state index contributed by atoms with van der Waals surface area (Å²) in [4.78, 5) is 12.0. The minimum Gasteiger partial charge on any atom is -0.464 e. The van der Waals surface area contributed by atoms with Crippen LogP contribution >= 0.6 is 0 Å². The number of aromatic nitrogens is 4. The largest absolute Gasteiger partial charge is 0.464 e. The van der Waals surface area contributed by atoms with E-state index in [2.05, 4.69) is 10.3 Å². The standard InChI is InChI=1S/C17H16N6O2/c1-3-12-10-23(21-20-12)14-6-4-13(5-7-14)22-9-11(8-18)15(19)16(22)17(24)25-2/h4-7,9-10H,3,19H2,1-2H3. The number of nitrogen functional groups attached to an aromatic ring is 1. The number of hydrogen-bond donors (Lipinski definition) is 1. The van der Waals surface area contributed by atoms with Gasteiger partial charge in [-0.2, -0.15) is 5.26 Å². The van der Waals surface area contributed by atoms with Crippen molar-refractivity contribution >= 4 is 11.7 Å². The van der Waals surface area contributed by atoms with Crippen molar-refractivity contribution in [3.8, 4) is 17.4 Å². The third-order valence-electron chi connectivity index (χ3n) is 3.84. The number of anilines is 1. The van der Waals surface area contributed by atoms with Crippen molar-refractivity contribution in [1.82, 2.24) is 19.6 Å². The number of rotatable bonds is 4. The first kappa shape index (κ1) is 16.3. The van der Waals surface area contributed by atoms with Crippen LogP contribution in [0.5, 0.6) is 0 Å². The van der Waals surface area contributed by atoms with Gasteiger partial charge in [-0.25, -0.2) is 9.48 Å². The van der Waals surface area contributed by atoms with Gasteiger partial charge >= 0.3 is 5.97 Å². The zero-order valence-electron chi connectivity index (χ0n) is 13.8. The van der Waals surface area contributed by atoms with Gasteiger partial charge in [0.05, 0.1) is 35.9 Å². The van der Waals surface area contributed by atoms with E-state index in [1.807, 2.05) is 31.3 Å². The van der Waals surface area contributed by atoms with Gasteiger partial charge < -0.3 is 15.0 Å². The lowest BCUT2D eigenvalue weighted by molar-refractivity contribution is 0.0593. The number of hydrogen-bond acceptors (Lipinski definition) is 6. The molecule has 25 heavy (non-hydrogen) atoms. The van der Waals surface area contributed by atoms with E-state index in [9.17, 15) is 4.79 Å². The second kappa shape index (κ2) is 6.49. The van der Waals surface area contributed by atoms with Crippen LogP contribution < -0.4 is 5.73 Å². The van der Waals surface area contributed by atoms with Gasteiger partial charge in [0.2, 0.25) is 0 Å². The van der Waals surface area contributed by atoms with Crippen molar-refractivity contribution in [2.75, 3.05) is 12.8 Å². The third kappa shape index (κ3) is 2.83. The van der Waals surface area contributed by atoms with Crippen LogP contribution in [0.3, 0.4) is 0 Å². The maximum atomic E-state index is 12.0. The van der Waals surface area contributed by atoms with Crippen LogP contribution in [0.25, 0.3) is 11.4 Å². The van der Waals surface area contributed by atoms with Crippen molar-refractivity contribution in [3.05, 3.63) is 53.6 Å². The number of esters is 1. The summed E-state index contributed by atoms with van der Waals surface area (Å²) in [6, 6.07) is 9.26. The van der Waals surface area contributed by atoms with E-state index in [-0.39, 0.29) is 16.9 Å². The van der Waals surface area contributed by atoms with Crippen LogP contribution in [0.1, 0.15) is 28.7 Å². The molecule has 0 fully saturated rings. The molecule has 0 atom stereocenters. The van der Waals surface area contributed by atoms with E-state index >= 15 is 0 Å². The predicted molar refractivity (Wildman–Crippen MR) is 90.5 cm³/mol. The lowest BCUT2D eigenvalue weighted by Crippen LogP contribution is -2.11. The molecular formula is C17H16N6O2. The quantitative estimate of drug-likeness (QED) is 0.728. The number of carbonyl (C=O) groups excluding carboxylic acids is 1. The normalized spacial score (nSPS) is 10.4. The fraction of sp³-hybridized carbons (Fsp3) is 0.176. The van der Waals surface area contributed by atoms with Crippen LogP contribution in [0, 0.1) is 11.3 Å². The highest BCUT2D eigenvalue weighted by atomic mass is 16.5. The number of ether oxygens (including phenoxy) is 1. The Balaban J connectivity index is 2.03. The Hall–Kier alpha value is -3.60. The Labute approximate surface area is 144 Å². The van der Waals surface area contributed by atoms with Crippen molar-refractivity contribution < 1.29 is 9.53 Å². The van der Waals surface area contributed by atoms with Crippen molar-refractivity contribution in [3.63, 3.8) is 0 Å². The average Bonchev–Trinajstić information content (AvgIpc) is 3.25. The smallest absolute Gasteiger partial charge is 0.357 e. The Bertz CT molecular complexity index is 962. The summed E-state index contributed by atoms with van der Waals surface area (Å²) >= 11 is 0. The highest BCUT2D eigenvalue weighted by molar-refractivity contribution is 5.95. The SMILES string of the molecule is CCc1cn(-c2ccc(-n3cc(C#N)c(N)c3C(=O)OC)cc2)nn1. The van der Waals surface area contributed by atoms with Gasteiger partial charge in [-0.15, -0.1) is 5.10 Å². The zero-order chi connectivity index (χ0) is 18.0. The van der Waals surface area contributed by atoms with Crippen molar-refractivity contribution in [2.24, 2.45) is 0 Å². The molecule has 0 spiro atoms. The highest BCUT2D eigenvalue weighted by Gasteiger charge is 2.21. The molecule has 0 aliphatic carbocycles. The zero-order valence-corrected chi connectivity index (χ0v) is 13.8. The Kier molecular flexibility index (Phi) is 4.22. The molecule has 0 unspecified atom stereocenters. The lowest BCUT2D eigenvalue weighted by atomic mass is 10.2. The van der Waals surface area contributed by atoms with Crippen molar-refractivity contribution in [1.29, 1.82) is 5.26 Å². The Morgan fingerprint density at radius 2 is 1.96 bits per heavy atom. The van der Waals surface area contributed by atoms with E-state index < -0.39 is 5.97 Å². The Morgan fingerprint density at radius 1 is 1.28 bits per heavy atom. The fourth-order valence-electron chi connectivity index (χ4n) is 2.47. The lowest BCUT2D eigenvalue weighted by Gasteiger charge is -2.09. The van der Waals surface area contributed by atoms with Gasteiger partial charge in [0.15, 0.2) is 5.69 Å². The van der Waals surface area contributed by atoms with Gasteiger partial charge in [-0.05, 0) is 30.7 Å². The van der Waals surface area contributed by atoms with Gasteiger partial charge in [-0.1, -0.05) is 12.1 Å². The first-order valence-corrected chi connectivity index (χ1v) is 7.60. The molecule has 8 heteroatoms. The average molecular weight is 336 g/mol. The number of carbonyl (C=O) groups is 1. The summed E-state index contributed by atoms with van der Waals surface area (Å²) in [6.45, 7) is 2.01. The molecule has 8 nitrogen and oxygen atoms in total.